The van der Waals surface area contributed by atoms with Crippen LogP contribution >= 0.6 is 0 Å². The van der Waals surface area contributed by atoms with Gasteiger partial charge in [0.25, 0.3) is 6.43 Å². The first-order chi connectivity index (χ1) is 19.1. The van der Waals surface area contributed by atoms with Crippen molar-refractivity contribution in [2.75, 3.05) is 17.2 Å². The van der Waals surface area contributed by atoms with Gasteiger partial charge in [0.2, 0.25) is 0 Å². The Hall–Kier alpha value is -4.57. The van der Waals surface area contributed by atoms with Gasteiger partial charge in [0.1, 0.15) is 17.3 Å². The van der Waals surface area contributed by atoms with E-state index >= 15 is 0 Å². The van der Waals surface area contributed by atoms with Crippen molar-refractivity contribution in [1.29, 1.82) is 10.5 Å². The molecule has 1 aliphatic carbocycles. The highest BCUT2D eigenvalue weighted by atomic mass is 19.3. The fourth-order valence-electron chi connectivity index (χ4n) is 4.79. The standard InChI is InChI=1S/C30H30F2N8/c1-18-7-5-6-8-21(18)27(24-16-40(39-38-24)30(9-10-30)28(31)32)37-23-12-19(13-33)11-22-25(36-17-29(2,3)4)20(14-34)15-35-26(22)23/h5-8,11-12,15-16,27-28,37H,9-10,17H2,1-4H3,(H,35,36)/t27-/m0/s1. The highest BCUT2D eigenvalue weighted by Gasteiger charge is 2.54. The maximum Gasteiger partial charge on any atom is 0.263 e. The minimum absolute atomic E-state index is 0.0604. The summed E-state index contributed by atoms with van der Waals surface area (Å²) in [7, 11) is 0. The fourth-order valence-corrected chi connectivity index (χ4v) is 4.79. The van der Waals surface area contributed by atoms with Gasteiger partial charge in [-0.1, -0.05) is 50.3 Å². The molecule has 0 bridgehead atoms. The minimum atomic E-state index is -2.54. The van der Waals surface area contributed by atoms with Crippen molar-refractivity contribution in [3.8, 4) is 12.1 Å². The number of hydrogen-bond donors (Lipinski definition) is 2. The van der Waals surface area contributed by atoms with Crippen LogP contribution in [0, 0.1) is 35.0 Å². The lowest BCUT2D eigenvalue weighted by molar-refractivity contribution is 0.0593. The van der Waals surface area contributed by atoms with Gasteiger partial charge in [-0.2, -0.15) is 10.5 Å². The number of aromatic nitrogens is 4. The predicted molar refractivity (Wildman–Crippen MR) is 149 cm³/mol. The number of nitrogens with zero attached hydrogens (tertiary/aromatic N) is 6. The molecule has 1 aliphatic rings. The van der Waals surface area contributed by atoms with E-state index in [1.807, 2.05) is 31.2 Å². The molecular formula is C30H30F2N8. The molecule has 1 atom stereocenters. The van der Waals surface area contributed by atoms with E-state index in [-0.39, 0.29) is 5.41 Å². The van der Waals surface area contributed by atoms with Gasteiger partial charge in [0, 0.05) is 18.1 Å². The number of halogens is 2. The molecule has 2 heterocycles. The van der Waals surface area contributed by atoms with Crippen molar-refractivity contribution in [2.24, 2.45) is 5.41 Å². The quantitative estimate of drug-likeness (QED) is 0.270. The van der Waals surface area contributed by atoms with Crippen LogP contribution in [0.3, 0.4) is 0 Å². The van der Waals surface area contributed by atoms with Crippen molar-refractivity contribution in [2.45, 2.75) is 58.5 Å². The first kappa shape index (κ1) is 27.0. The van der Waals surface area contributed by atoms with Gasteiger partial charge in [0.05, 0.1) is 46.3 Å². The lowest BCUT2D eigenvalue weighted by atomic mass is 9.96. The summed E-state index contributed by atoms with van der Waals surface area (Å²) in [6.07, 6.45) is 1.25. The molecule has 1 fully saturated rings. The molecule has 1 saturated carbocycles. The Bertz CT molecular complexity index is 1650. The second kappa shape index (κ2) is 10.2. The molecule has 2 aromatic heterocycles. The van der Waals surface area contributed by atoms with E-state index in [2.05, 4.69) is 58.8 Å². The van der Waals surface area contributed by atoms with Crippen LogP contribution in [-0.4, -0.2) is 32.9 Å². The molecule has 5 rings (SSSR count). The highest BCUT2D eigenvalue weighted by molar-refractivity contribution is 6.01. The molecule has 2 N–H and O–H groups in total. The summed E-state index contributed by atoms with van der Waals surface area (Å²) in [4.78, 5) is 4.60. The number of nitrogens with one attached hydrogen (secondary N) is 2. The molecular weight excluding hydrogens is 510 g/mol. The van der Waals surface area contributed by atoms with E-state index < -0.39 is 18.0 Å². The zero-order valence-corrected chi connectivity index (χ0v) is 22.8. The number of nitriles is 2. The number of aryl methyl sites for hydroxylation is 1. The summed E-state index contributed by atoms with van der Waals surface area (Å²) in [6.45, 7) is 8.82. The average Bonchev–Trinajstić information content (AvgIpc) is 3.60. The number of fused-ring (bicyclic) bond motifs is 1. The van der Waals surface area contributed by atoms with Crippen LogP contribution < -0.4 is 10.6 Å². The van der Waals surface area contributed by atoms with Crippen LogP contribution in [0.5, 0.6) is 0 Å². The van der Waals surface area contributed by atoms with E-state index in [0.29, 0.717) is 58.5 Å². The lowest BCUT2D eigenvalue weighted by Gasteiger charge is -2.23. The lowest BCUT2D eigenvalue weighted by Crippen LogP contribution is -2.26. The van der Waals surface area contributed by atoms with Crippen molar-refractivity contribution < 1.29 is 8.78 Å². The summed E-state index contributed by atoms with van der Waals surface area (Å²) in [6, 6.07) is 15.0. The summed E-state index contributed by atoms with van der Waals surface area (Å²) in [5.74, 6) is 0. The third-order valence-electron chi connectivity index (χ3n) is 7.25. The number of rotatable bonds is 8. The molecule has 0 aliphatic heterocycles. The summed E-state index contributed by atoms with van der Waals surface area (Å²) >= 11 is 0. The smallest absolute Gasteiger partial charge is 0.263 e. The van der Waals surface area contributed by atoms with Crippen LogP contribution in [0.2, 0.25) is 0 Å². The first-order valence-electron chi connectivity index (χ1n) is 13.1. The third-order valence-corrected chi connectivity index (χ3v) is 7.25. The molecule has 0 spiro atoms. The molecule has 0 amide bonds. The molecule has 0 saturated heterocycles. The Balaban J connectivity index is 1.65. The van der Waals surface area contributed by atoms with Gasteiger partial charge in [-0.3, -0.25) is 4.98 Å². The second-order valence-electron chi connectivity index (χ2n) is 11.5. The number of anilines is 2. The maximum atomic E-state index is 13.8. The molecule has 8 nitrogen and oxygen atoms in total. The van der Waals surface area contributed by atoms with Gasteiger partial charge < -0.3 is 10.6 Å². The van der Waals surface area contributed by atoms with E-state index in [1.165, 1.54) is 10.9 Å². The summed E-state index contributed by atoms with van der Waals surface area (Å²) in [5, 5.41) is 35.6. The van der Waals surface area contributed by atoms with E-state index in [1.54, 1.807) is 18.3 Å². The van der Waals surface area contributed by atoms with Crippen LogP contribution in [0.25, 0.3) is 10.9 Å². The summed E-state index contributed by atoms with van der Waals surface area (Å²) in [5.41, 5.74) is 3.42. The number of pyridine rings is 1. The van der Waals surface area contributed by atoms with Crippen molar-refractivity contribution in [3.63, 3.8) is 0 Å². The van der Waals surface area contributed by atoms with Crippen molar-refractivity contribution in [3.05, 3.63) is 76.7 Å². The Labute approximate surface area is 231 Å². The van der Waals surface area contributed by atoms with Crippen LogP contribution in [0.4, 0.5) is 20.2 Å². The molecule has 4 aromatic rings. The largest absolute Gasteiger partial charge is 0.383 e. The van der Waals surface area contributed by atoms with Gasteiger partial charge >= 0.3 is 0 Å². The fraction of sp³-hybridized carbons (Fsp3) is 0.367. The van der Waals surface area contributed by atoms with Crippen LogP contribution in [0.1, 0.15) is 67.6 Å². The van der Waals surface area contributed by atoms with E-state index in [9.17, 15) is 19.3 Å². The Morgan fingerprint density at radius 1 is 1.12 bits per heavy atom. The zero-order valence-electron chi connectivity index (χ0n) is 22.8. The SMILES string of the molecule is Cc1ccccc1[C@H](Nc1cc(C#N)cc2c(NCC(C)(C)C)c(C#N)cnc12)c1cn(C2(C(F)F)CC2)nn1. The van der Waals surface area contributed by atoms with Gasteiger partial charge in [-0.05, 0) is 48.4 Å². The van der Waals surface area contributed by atoms with E-state index in [4.69, 9.17) is 0 Å². The number of alkyl halides is 2. The van der Waals surface area contributed by atoms with Gasteiger partial charge in [-0.15, -0.1) is 5.10 Å². The summed E-state index contributed by atoms with van der Waals surface area (Å²) < 4.78 is 28.9. The Morgan fingerprint density at radius 3 is 2.50 bits per heavy atom. The molecule has 204 valence electrons. The third kappa shape index (κ3) is 5.05. The maximum absolute atomic E-state index is 13.8. The molecule has 0 unspecified atom stereocenters. The van der Waals surface area contributed by atoms with Crippen LogP contribution in [0.15, 0.2) is 48.8 Å². The Morgan fingerprint density at radius 2 is 1.88 bits per heavy atom. The average molecular weight is 541 g/mol. The van der Waals surface area contributed by atoms with Crippen molar-refractivity contribution in [1.82, 2.24) is 20.0 Å². The van der Waals surface area contributed by atoms with Crippen molar-refractivity contribution >= 4 is 22.3 Å². The second-order valence-corrected chi connectivity index (χ2v) is 11.5. The number of hydrogen-bond acceptors (Lipinski definition) is 7. The predicted octanol–water partition coefficient (Wildman–Crippen LogP) is 6.29. The molecule has 2 aromatic carbocycles. The monoisotopic (exact) mass is 540 g/mol. The normalized spacial score (nSPS) is 14.9. The van der Waals surface area contributed by atoms with Gasteiger partial charge in [0.15, 0.2) is 0 Å². The minimum Gasteiger partial charge on any atom is -0.383 e. The topological polar surface area (TPSA) is 115 Å². The highest BCUT2D eigenvalue weighted by Crippen LogP contribution is 2.48. The van der Waals surface area contributed by atoms with E-state index in [0.717, 1.165) is 11.1 Å². The molecule has 10 heteroatoms. The van der Waals surface area contributed by atoms with Gasteiger partial charge in [-0.25, -0.2) is 13.5 Å². The number of benzene rings is 2. The van der Waals surface area contributed by atoms with Crippen LogP contribution in [-0.2, 0) is 5.54 Å². The zero-order chi connectivity index (χ0) is 28.7. The first-order valence-corrected chi connectivity index (χ1v) is 13.1. The Kier molecular flexibility index (Phi) is 6.89. The molecule has 0 radical (unpaired) electrons. The molecule has 40 heavy (non-hydrogen) atoms.